The van der Waals surface area contributed by atoms with Gasteiger partial charge < -0.3 is 5.32 Å². The molecule has 0 saturated carbocycles. The van der Waals surface area contributed by atoms with Gasteiger partial charge in [0, 0.05) is 5.69 Å². The minimum atomic E-state index is -0.445. The van der Waals surface area contributed by atoms with Gasteiger partial charge in [0.1, 0.15) is 11.5 Å². The molecule has 1 aliphatic heterocycles. The van der Waals surface area contributed by atoms with Crippen molar-refractivity contribution in [2.45, 2.75) is 33.1 Å². The van der Waals surface area contributed by atoms with Crippen molar-refractivity contribution in [1.82, 2.24) is 0 Å². The molecule has 3 aromatic rings. The van der Waals surface area contributed by atoms with Gasteiger partial charge in [0.2, 0.25) is 0 Å². The van der Waals surface area contributed by atoms with Gasteiger partial charge in [-0.2, -0.15) is 0 Å². The molecule has 32 heavy (non-hydrogen) atoms. The fourth-order valence-corrected chi connectivity index (χ4v) is 3.74. The topological polar surface area (TPSA) is 49.4 Å². The van der Waals surface area contributed by atoms with Crippen LogP contribution < -0.4 is 10.2 Å². The first kappa shape index (κ1) is 21.5. The van der Waals surface area contributed by atoms with E-state index in [0.717, 1.165) is 11.1 Å². The van der Waals surface area contributed by atoms with Crippen LogP contribution in [0.3, 0.4) is 0 Å². The van der Waals surface area contributed by atoms with E-state index in [1.54, 1.807) is 12.1 Å². The zero-order valence-electron chi connectivity index (χ0n) is 18.6. The van der Waals surface area contributed by atoms with Crippen molar-refractivity contribution < 1.29 is 14.0 Å². The number of carbonyl (C=O) groups excluding carboxylic acids is 2. The van der Waals surface area contributed by atoms with Crippen LogP contribution in [0.15, 0.2) is 78.5 Å². The van der Waals surface area contributed by atoms with E-state index in [4.69, 9.17) is 0 Å². The van der Waals surface area contributed by atoms with Gasteiger partial charge in [0.25, 0.3) is 11.8 Å². The van der Waals surface area contributed by atoms with E-state index in [9.17, 15) is 14.0 Å². The molecule has 4 rings (SSSR count). The smallest absolute Gasteiger partial charge is 0.282 e. The molecule has 1 aliphatic rings. The molecule has 1 heterocycles. The van der Waals surface area contributed by atoms with Gasteiger partial charge in [-0.15, -0.1) is 0 Å². The van der Waals surface area contributed by atoms with Crippen LogP contribution in [0, 0.1) is 12.7 Å². The van der Waals surface area contributed by atoms with E-state index in [2.05, 4.69) is 26.1 Å². The standard InChI is InChI=1S/C27H25FN2O2/c1-17-6-5-7-21(16-17)29-24-23(18-8-12-20(28)13-9-18)25(31)30(26(24)32)22-14-10-19(11-15-22)27(2,3)4/h5-16,29H,1-4H3. The molecule has 0 atom stereocenters. The Morgan fingerprint density at radius 1 is 0.844 bits per heavy atom. The summed E-state index contributed by atoms with van der Waals surface area (Å²) in [5, 5.41) is 3.13. The van der Waals surface area contributed by atoms with Crippen LogP contribution in [-0.4, -0.2) is 11.8 Å². The summed E-state index contributed by atoms with van der Waals surface area (Å²) in [6.45, 7) is 8.26. The van der Waals surface area contributed by atoms with Crippen LogP contribution in [0.25, 0.3) is 5.57 Å². The molecule has 0 radical (unpaired) electrons. The number of anilines is 2. The van der Waals surface area contributed by atoms with E-state index in [1.165, 1.54) is 29.2 Å². The molecule has 162 valence electrons. The van der Waals surface area contributed by atoms with Crippen LogP contribution in [0.2, 0.25) is 0 Å². The number of hydrogen-bond donors (Lipinski definition) is 1. The molecule has 5 heteroatoms. The second kappa shape index (κ2) is 8.08. The minimum Gasteiger partial charge on any atom is -0.350 e. The molecule has 0 spiro atoms. The van der Waals surface area contributed by atoms with Crippen molar-refractivity contribution in [1.29, 1.82) is 0 Å². The highest BCUT2D eigenvalue weighted by Crippen LogP contribution is 2.35. The third-order valence-corrected chi connectivity index (χ3v) is 5.50. The minimum absolute atomic E-state index is 0.0486. The van der Waals surface area contributed by atoms with Gasteiger partial charge in [0.15, 0.2) is 0 Å². The molecule has 0 saturated heterocycles. The van der Waals surface area contributed by atoms with Crippen LogP contribution in [-0.2, 0) is 15.0 Å². The lowest BCUT2D eigenvalue weighted by molar-refractivity contribution is -0.120. The van der Waals surface area contributed by atoms with Crippen LogP contribution in [0.1, 0.15) is 37.5 Å². The molecule has 3 aromatic carbocycles. The van der Waals surface area contributed by atoms with Crippen molar-refractivity contribution in [3.05, 3.63) is 101 Å². The fourth-order valence-electron chi connectivity index (χ4n) is 3.74. The van der Waals surface area contributed by atoms with Gasteiger partial charge in [0.05, 0.1) is 11.3 Å². The summed E-state index contributed by atoms with van der Waals surface area (Å²) in [5.41, 5.74) is 4.14. The predicted octanol–water partition coefficient (Wildman–Crippen LogP) is 5.83. The van der Waals surface area contributed by atoms with Gasteiger partial charge in [-0.05, 0) is 65.4 Å². The summed E-state index contributed by atoms with van der Waals surface area (Å²) in [6.07, 6.45) is 0. The number of imide groups is 1. The lowest BCUT2D eigenvalue weighted by Gasteiger charge is -2.21. The SMILES string of the molecule is Cc1cccc(NC2=C(c3ccc(F)cc3)C(=O)N(c3ccc(C(C)(C)C)cc3)C2=O)c1. The van der Waals surface area contributed by atoms with Crippen molar-refractivity contribution in [2.75, 3.05) is 10.2 Å². The number of rotatable bonds is 4. The molecule has 4 nitrogen and oxygen atoms in total. The number of benzene rings is 3. The molecule has 0 fully saturated rings. The summed E-state index contributed by atoms with van der Waals surface area (Å²) in [5.74, 6) is -1.30. The number of hydrogen-bond acceptors (Lipinski definition) is 3. The Hall–Kier alpha value is -3.73. The van der Waals surface area contributed by atoms with Gasteiger partial charge >= 0.3 is 0 Å². The molecule has 0 aliphatic carbocycles. The number of nitrogens with one attached hydrogen (secondary N) is 1. The molecule has 0 unspecified atom stereocenters. The number of amides is 2. The molecule has 0 bridgehead atoms. The Morgan fingerprint density at radius 3 is 2.09 bits per heavy atom. The Kier molecular flexibility index (Phi) is 5.43. The number of carbonyl (C=O) groups is 2. The quantitative estimate of drug-likeness (QED) is 0.532. The normalized spacial score (nSPS) is 14.3. The largest absolute Gasteiger partial charge is 0.350 e. The summed E-state index contributed by atoms with van der Waals surface area (Å²) >= 11 is 0. The van der Waals surface area contributed by atoms with E-state index in [1.807, 2.05) is 43.3 Å². The third kappa shape index (κ3) is 4.06. The highest BCUT2D eigenvalue weighted by Gasteiger charge is 2.40. The maximum Gasteiger partial charge on any atom is 0.282 e. The maximum atomic E-state index is 13.5. The van der Waals surface area contributed by atoms with Crippen molar-refractivity contribution in [3.8, 4) is 0 Å². The zero-order valence-corrected chi connectivity index (χ0v) is 18.6. The first-order valence-electron chi connectivity index (χ1n) is 10.5. The number of nitrogens with zero attached hydrogens (tertiary/aromatic N) is 1. The van der Waals surface area contributed by atoms with Crippen LogP contribution in [0.4, 0.5) is 15.8 Å². The van der Waals surface area contributed by atoms with Gasteiger partial charge in [-0.25, -0.2) is 9.29 Å². The average molecular weight is 429 g/mol. The maximum absolute atomic E-state index is 13.5. The monoisotopic (exact) mass is 428 g/mol. The fraction of sp³-hybridized carbons (Fsp3) is 0.185. The molecule has 0 aromatic heterocycles. The van der Waals surface area contributed by atoms with Gasteiger partial charge in [-0.3, -0.25) is 9.59 Å². The third-order valence-electron chi connectivity index (χ3n) is 5.50. The summed E-state index contributed by atoms with van der Waals surface area (Å²) < 4.78 is 13.5. The van der Waals surface area contributed by atoms with Crippen LogP contribution in [0.5, 0.6) is 0 Å². The molecule has 2 amide bonds. The molecular formula is C27H25FN2O2. The summed E-state index contributed by atoms with van der Waals surface area (Å²) in [4.78, 5) is 28.1. The van der Waals surface area contributed by atoms with Crippen LogP contribution >= 0.6 is 0 Å². The highest BCUT2D eigenvalue weighted by molar-refractivity contribution is 6.46. The molecule has 1 N–H and O–H groups in total. The Balaban J connectivity index is 1.78. The lowest BCUT2D eigenvalue weighted by Crippen LogP contribution is -2.32. The van der Waals surface area contributed by atoms with Crippen molar-refractivity contribution in [2.24, 2.45) is 0 Å². The Morgan fingerprint density at radius 2 is 1.50 bits per heavy atom. The average Bonchev–Trinajstić information content (AvgIpc) is 2.98. The highest BCUT2D eigenvalue weighted by atomic mass is 19.1. The Labute approximate surface area is 187 Å². The summed E-state index contributed by atoms with van der Waals surface area (Å²) in [7, 11) is 0. The van der Waals surface area contributed by atoms with E-state index >= 15 is 0 Å². The predicted molar refractivity (Wildman–Crippen MR) is 126 cm³/mol. The second-order valence-electron chi connectivity index (χ2n) is 8.99. The Bertz CT molecular complexity index is 1220. The number of aryl methyl sites for hydroxylation is 1. The lowest BCUT2D eigenvalue weighted by atomic mass is 9.87. The number of halogens is 1. The van der Waals surface area contributed by atoms with E-state index in [-0.39, 0.29) is 16.7 Å². The first-order chi connectivity index (χ1) is 15.1. The van der Waals surface area contributed by atoms with E-state index in [0.29, 0.717) is 16.9 Å². The zero-order chi connectivity index (χ0) is 23.0. The second-order valence-corrected chi connectivity index (χ2v) is 8.99. The first-order valence-corrected chi connectivity index (χ1v) is 10.5. The van der Waals surface area contributed by atoms with E-state index < -0.39 is 17.6 Å². The van der Waals surface area contributed by atoms with Crippen molar-refractivity contribution >= 4 is 28.8 Å². The van der Waals surface area contributed by atoms with Crippen molar-refractivity contribution in [3.63, 3.8) is 0 Å². The molecular weight excluding hydrogens is 403 g/mol. The van der Waals surface area contributed by atoms with Gasteiger partial charge in [-0.1, -0.05) is 57.2 Å². The summed E-state index contributed by atoms with van der Waals surface area (Å²) in [6, 6.07) is 20.6.